The number of nitrogens with one attached hydrogen (secondary N) is 1. The van der Waals surface area contributed by atoms with Crippen LogP contribution in [0.1, 0.15) is 38.7 Å². The minimum atomic E-state index is -0.0310. The Balaban J connectivity index is 2.41. The molecule has 1 amide bonds. The summed E-state index contributed by atoms with van der Waals surface area (Å²) in [6, 6.07) is 10.1. The molecular weight excluding hydrogens is 212 g/mol. The summed E-state index contributed by atoms with van der Waals surface area (Å²) in [7, 11) is 0. The van der Waals surface area contributed by atoms with E-state index in [9.17, 15) is 4.79 Å². The van der Waals surface area contributed by atoms with Gasteiger partial charge in [0.1, 0.15) is 0 Å². The summed E-state index contributed by atoms with van der Waals surface area (Å²) < 4.78 is 0. The van der Waals surface area contributed by atoms with Crippen LogP contribution in [-0.4, -0.2) is 12.1 Å². The van der Waals surface area contributed by atoms with E-state index in [2.05, 4.69) is 10.5 Å². The molecule has 0 spiro atoms. The Kier molecular flexibility index (Phi) is 5.40. The number of benzene rings is 1. The van der Waals surface area contributed by atoms with Gasteiger partial charge in [-0.2, -0.15) is 5.10 Å². The zero-order chi connectivity index (χ0) is 12.7. The maximum Gasteiger partial charge on any atom is 0.240 e. The van der Waals surface area contributed by atoms with Crippen LogP contribution in [0.5, 0.6) is 0 Å². The molecule has 3 nitrogen and oxygen atoms in total. The molecule has 1 unspecified atom stereocenters. The van der Waals surface area contributed by atoms with Gasteiger partial charge in [0.25, 0.3) is 0 Å². The average Bonchev–Trinajstić information content (AvgIpc) is 2.29. The second kappa shape index (κ2) is 6.84. The van der Waals surface area contributed by atoms with Gasteiger partial charge in [-0.1, -0.05) is 51.1 Å². The van der Waals surface area contributed by atoms with Gasteiger partial charge in [0.2, 0.25) is 5.91 Å². The molecule has 0 saturated heterocycles. The van der Waals surface area contributed by atoms with E-state index in [-0.39, 0.29) is 11.8 Å². The molecule has 0 bridgehead atoms. The summed E-state index contributed by atoms with van der Waals surface area (Å²) >= 11 is 0. The van der Waals surface area contributed by atoms with Crippen molar-refractivity contribution in [2.75, 3.05) is 0 Å². The van der Waals surface area contributed by atoms with Crippen molar-refractivity contribution < 1.29 is 4.79 Å². The minimum Gasteiger partial charge on any atom is -0.273 e. The van der Waals surface area contributed by atoms with Gasteiger partial charge in [-0.25, -0.2) is 5.43 Å². The Bertz CT molecular complexity index is 371. The molecule has 0 aromatic heterocycles. The predicted molar refractivity (Wildman–Crippen MR) is 70.9 cm³/mol. The van der Waals surface area contributed by atoms with Gasteiger partial charge < -0.3 is 0 Å². The second-order valence-corrected chi connectivity index (χ2v) is 4.61. The number of carbonyl (C=O) groups excluding carboxylic acids is 1. The smallest absolute Gasteiger partial charge is 0.240 e. The molecule has 0 saturated carbocycles. The molecular formula is C14H20N2O. The number of amides is 1. The SMILES string of the molecule is CC(C)CC(=O)N/N=C/C(C)c1ccccc1. The van der Waals surface area contributed by atoms with E-state index in [1.165, 1.54) is 5.56 Å². The van der Waals surface area contributed by atoms with E-state index in [0.717, 1.165) is 0 Å². The molecule has 3 heteroatoms. The number of nitrogens with zero attached hydrogens (tertiary/aromatic N) is 1. The first-order chi connectivity index (χ1) is 8.09. The molecule has 0 heterocycles. The Labute approximate surface area is 103 Å². The molecule has 1 rings (SSSR count). The molecule has 0 fully saturated rings. The summed E-state index contributed by atoms with van der Waals surface area (Å²) in [5.41, 5.74) is 3.73. The van der Waals surface area contributed by atoms with Crippen molar-refractivity contribution in [3.05, 3.63) is 35.9 Å². The third-order valence-electron chi connectivity index (χ3n) is 2.41. The molecule has 0 aliphatic rings. The Morgan fingerprint density at radius 1 is 1.29 bits per heavy atom. The van der Waals surface area contributed by atoms with E-state index in [0.29, 0.717) is 12.3 Å². The fourth-order valence-corrected chi connectivity index (χ4v) is 1.48. The van der Waals surface area contributed by atoms with Gasteiger partial charge in [0.05, 0.1) is 0 Å². The van der Waals surface area contributed by atoms with Crippen molar-refractivity contribution in [3.63, 3.8) is 0 Å². The number of hydrogen-bond acceptors (Lipinski definition) is 2. The van der Waals surface area contributed by atoms with Crippen molar-refractivity contribution in [3.8, 4) is 0 Å². The van der Waals surface area contributed by atoms with Gasteiger partial charge >= 0.3 is 0 Å². The van der Waals surface area contributed by atoms with Crippen LogP contribution >= 0.6 is 0 Å². The highest BCUT2D eigenvalue weighted by molar-refractivity contribution is 5.77. The van der Waals surface area contributed by atoms with E-state index >= 15 is 0 Å². The van der Waals surface area contributed by atoms with E-state index < -0.39 is 0 Å². The molecule has 0 aliphatic carbocycles. The topological polar surface area (TPSA) is 41.5 Å². The molecule has 1 aromatic carbocycles. The highest BCUT2D eigenvalue weighted by atomic mass is 16.2. The monoisotopic (exact) mass is 232 g/mol. The zero-order valence-corrected chi connectivity index (χ0v) is 10.7. The average molecular weight is 232 g/mol. The first-order valence-corrected chi connectivity index (χ1v) is 5.96. The van der Waals surface area contributed by atoms with Gasteiger partial charge in [-0.3, -0.25) is 4.79 Å². The highest BCUT2D eigenvalue weighted by Crippen LogP contribution is 2.11. The molecule has 1 N–H and O–H groups in total. The lowest BCUT2D eigenvalue weighted by Gasteiger charge is -2.06. The largest absolute Gasteiger partial charge is 0.273 e. The van der Waals surface area contributed by atoms with Crippen LogP contribution in [0.2, 0.25) is 0 Å². The molecule has 17 heavy (non-hydrogen) atoms. The van der Waals surface area contributed by atoms with Crippen molar-refractivity contribution >= 4 is 12.1 Å². The third-order valence-corrected chi connectivity index (χ3v) is 2.41. The standard InChI is InChI=1S/C14H20N2O/c1-11(2)9-14(17)16-15-10-12(3)13-7-5-4-6-8-13/h4-8,10-12H,9H2,1-3H3,(H,16,17)/b15-10+. The maximum atomic E-state index is 11.3. The lowest BCUT2D eigenvalue weighted by Crippen LogP contribution is -2.19. The summed E-state index contributed by atoms with van der Waals surface area (Å²) in [6.45, 7) is 6.07. The fraction of sp³-hybridized carbons (Fsp3) is 0.429. The Morgan fingerprint density at radius 3 is 2.53 bits per heavy atom. The van der Waals surface area contributed by atoms with Gasteiger partial charge in [0.15, 0.2) is 0 Å². The third kappa shape index (κ3) is 5.29. The Morgan fingerprint density at radius 2 is 1.94 bits per heavy atom. The van der Waals surface area contributed by atoms with Gasteiger partial charge in [0, 0.05) is 18.6 Å². The molecule has 1 aromatic rings. The van der Waals surface area contributed by atoms with E-state index in [1.807, 2.05) is 51.1 Å². The first kappa shape index (κ1) is 13.4. The van der Waals surface area contributed by atoms with Crippen LogP contribution in [-0.2, 0) is 4.79 Å². The number of carbonyl (C=O) groups is 1. The van der Waals surface area contributed by atoms with Crippen LogP contribution < -0.4 is 5.43 Å². The minimum absolute atomic E-state index is 0.0310. The Hall–Kier alpha value is -1.64. The van der Waals surface area contributed by atoms with Crippen molar-refractivity contribution in [2.24, 2.45) is 11.0 Å². The van der Waals surface area contributed by atoms with Crippen molar-refractivity contribution in [1.82, 2.24) is 5.43 Å². The highest BCUT2D eigenvalue weighted by Gasteiger charge is 2.03. The van der Waals surface area contributed by atoms with Crippen LogP contribution in [0, 0.1) is 5.92 Å². The second-order valence-electron chi connectivity index (χ2n) is 4.61. The quantitative estimate of drug-likeness (QED) is 0.615. The predicted octanol–water partition coefficient (Wildman–Crippen LogP) is 2.94. The summed E-state index contributed by atoms with van der Waals surface area (Å²) in [5, 5.41) is 3.98. The summed E-state index contributed by atoms with van der Waals surface area (Å²) in [4.78, 5) is 11.3. The molecule has 0 radical (unpaired) electrons. The number of rotatable bonds is 5. The number of hydrazone groups is 1. The molecule has 1 atom stereocenters. The summed E-state index contributed by atoms with van der Waals surface area (Å²) in [6.07, 6.45) is 2.27. The van der Waals surface area contributed by atoms with Crippen LogP contribution in [0.3, 0.4) is 0 Å². The van der Waals surface area contributed by atoms with Gasteiger partial charge in [-0.15, -0.1) is 0 Å². The van der Waals surface area contributed by atoms with Crippen molar-refractivity contribution in [2.45, 2.75) is 33.1 Å². The van der Waals surface area contributed by atoms with Gasteiger partial charge in [-0.05, 0) is 11.5 Å². The lowest BCUT2D eigenvalue weighted by atomic mass is 10.0. The first-order valence-electron chi connectivity index (χ1n) is 5.96. The van der Waals surface area contributed by atoms with E-state index in [4.69, 9.17) is 0 Å². The van der Waals surface area contributed by atoms with Crippen LogP contribution in [0.25, 0.3) is 0 Å². The zero-order valence-electron chi connectivity index (χ0n) is 10.7. The van der Waals surface area contributed by atoms with E-state index in [1.54, 1.807) is 6.21 Å². The molecule has 92 valence electrons. The fourth-order valence-electron chi connectivity index (χ4n) is 1.48. The lowest BCUT2D eigenvalue weighted by molar-refractivity contribution is -0.121. The van der Waals surface area contributed by atoms with Crippen LogP contribution in [0.15, 0.2) is 35.4 Å². The van der Waals surface area contributed by atoms with Crippen molar-refractivity contribution in [1.29, 1.82) is 0 Å². The normalized spacial score (nSPS) is 12.9. The maximum absolute atomic E-state index is 11.3. The van der Waals surface area contributed by atoms with Crippen LogP contribution in [0.4, 0.5) is 0 Å². The molecule has 0 aliphatic heterocycles. The number of hydrogen-bond donors (Lipinski definition) is 1. The summed E-state index contributed by atoms with van der Waals surface area (Å²) in [5.74, 6) is 0.531.